The van der Waals surface area contributed by atoms with Gasteiger partial charge in [0, 0.05) is 24.4 Å². The van der Waals surface area contributed by atoms with E-state index in [1.165, 1.54) is 11.1 Å². The molecule has 0 fully saturated rings. The lowest BCUT2D eigenvalue weighted by Gasteiger charge is -2.22. The highest BCUT2D eigenvalue weighted by Crippen LogP contribution is 2.38. The van der Waals surface area contributed by atoms with Gasteiger partial charge in [0.15, 0.2) is 17.3 Å². The smallest absolute Gasteiger partial charge is 0.257 e. The van der Waals surface area contributed by atoms with E-state index in [1.807, 2.05) is 18.2 Å². The minimum Gasteiger partial charge on any atom is -0.490 e. The number of nitrogens with two attached hydrogens (primary N) is 1. The molecule has 1 aliphatic carbocycles. The van der Waals surface area contributed by atoms with Crippen LogP contribution in [0.3, 0.4) is 0 Å². The van der Waals surface area contributed by atoms with Gasteiger partial charge in [0.2, 0.25) is 0 Å². The molecule has 1 unspecified atom stereocenters. The molecule has 0 saturated carbocycles. The first-order valence-corrected chi connectivity index (χ1v) is 10.8. The van der Waals surface area contributed by atoms with Crippen LogP contribution in [-0.2, 0) is 12.8 Å². The summed E-state index contributed by atoms with van der Waals surface area (Å²) in [6, 6.07) is 10.4. The SMILES string of the molecule is NC1CCCc2ccc(-c3nc(Cc4cc(Br)c5c(c4)OCCCO5)no3)cc21. The zero-order valence-corrected chi connectivity index (χ0v) is 17.6. The fourth-order valence-corrected chi connectivity index (χ4v) is 4.58. The Morgan fingerprint density at radius 3 is 2.93 bits per heavy atom. The molecule has 2 N–H and O–H groups in total. The normalized spacial score (nSPS) is 18.2. The molecular weight excluding hydrogens is 434 g/mol. The first-order chi connectivity index (χ1) is 14.2. The third kappa shape index (κ3) is 3.76. The zero-order valence-electron chi connectivity index (χ0n) is 16.0. The van der Waals surface area contributed by atoms with Gasteiger partial charge in [-0.1, -0.05) is 11.2 Å². The summed E-state index contributed by atoms with van der Waals surface area (Å²) in [5.74, 6) is 2.65. The highest BCUT2D eigenvalue weighted by atomic mass is 79.9. The number of halogens is 1. The number of hydrogen-bond acceptors (Lipinski definition) is 6. The molecule has 5 rings (SSSR count). The number of ether oxygens (including phenoxy) is 2. The summed E-state index contributed by atoms with van der Waals surface area (Å²) in [5.41, 5.74) is 10.8. The summed E-state index contributed by atoms with van der Waals surface area (Å²) in [6.07, 6.45) is 4.66. The molecule has 2 aromatic carbocycles. The monoisotopic (exact) mass is 455 g/mol. The van der Waals surface area contributed by atoms with Crippen LogP contribution < -0.4 is 15.2 Å². The van der Waals surface area contributed by atoms with Gasteiger partial charge in [-0.3, -0.25) is 0 Å². The molecule has 0 bridgehead atoms. The van der Waals surface area contributed by atoms with Crippen LogP contribution in [0.4, 0.5) is 0 Å². The topological polar surface area (TPSA) is 83.4 Å². The van der Waals surface area contributed by atoms with Crippen LogP contribution in [0.2, 0.25) is 0 Å². The minimum absolute atomic E-state index is 0.0836. The predicted octanol–water partition coefficient (Wildman–Crippen LogP) is 4.59. The summed E-state index contributed by atoms with van der Waals surface area (Å²) in [7, 11) is 0. The Morgan fingerprint density at radius 1 is 1.10 bits per heavy atom. The van der Waals surface area contributed by atoms with E-state index in [1.54, 1.807) is 0 Å². The summed E-state index contributed by atoms with van der Waals surface area (Å²) in [5, 5.41) is 4.17. The molecule has 0 saturated heterocycles. The van der Waals surface area contributed by atoms with Crippen molar-refractivity contribution in [1.29, 1.82) is 0 Å². The van der Waals surface area contributed by atoms with Gasteiger partial charge in [-0.05, 0) is 76.1 Å². The quantitative estimate of drug-likeness (QED) is 0.621. The number of aromatic nitrogens is 2. The van der Waals surface area contributed by atoms with E-state index in [-0.39, 0.29) is 6.04 Å². The Hall–Kier alpha value is -2.38. The zero-order chi connectivity index (χ0) is 19.8. The van der Waals surface area contributed by atoms with Crippen molar-refractivity contribution < 1.29 is 14.0 Å². The molecule has 29 heavy (non-hydrogen) atoms. The second kappa shape index (κ2) is 7.80. The Morgan fingerprint density at radius 2 is 2.00 bits per heavy atom. The molecule has 0 amide bonds. The van der Waals surface area contributed by atoms with Gasteiger partial charge in [0.25, 0.3) is 5.89 Å². The largest absolute Gasteiger partial charge is 0.490 e. The van der Waals surface area contributed by atoms with Crippen molar-refractivity contribution in [2.75, 3.05) is 13.2 Å². The lowest BCUT2D eigenvalue weighted by atomic mass is 9.87. The number of aryl methyl sites for hydroxylation is 1. The van der Waals surface area contributed by atoms with Gasteiger partial charge >= 0.3 is 0 Å². The van der Waals surface area contributed by atoms with Crippen LogP contribution in [0.15, 0.2) is 39.3 Å². The van der Waals surface area contributed by atoms with Gasteiger partial charge in [-0.2, -0.15) is 4.98 Å². The minimum atomic E-state index is 0.0836. The third-order valence-electron chi connectivity index (χ3n) is 5.45. The summed E-state index contributed by atoms with van der Waals surface area (Å²) in [6.45, 7) is 1.30. The van der Waals surface area contributed by atoms with Crippen molar-refractivity contribution in [1.82, 2.24) is 10.1 Å². The van der Waals surface area contributed by atoms with Gasteiger partial charge < -0.3 is 19.7 Å². The molecule has 1 atom stereocenters. The lowest BCUT2D eigenvalue weighted by Crippen LogP contribution is -2.17. The molecule has 150 valence electrons. The Labute approximate surface area is 177 Å². The van der Waals surface area contributed by atoms with E-state index in [0.29, 0.717) is 31.3 Å². The summed E-state index contributed by atoms with van der Waals surface area (Å²) in [4.78, 5) is 4.60. The fraction of sp³-hybridized carbons (Fsp3) is 0.364. The van der Waals surface area contributed by atoms with Gasteiger partial charge in [0.1, 0.15) is 0 Å². The average molecular weight is 456 g/mol. The first-order valence-electron chi connectivity index (χ1n) is 9.97. The van der Waals surface area contributed by atoms with Crippen molar-refractivity contribution in [2.45, 2.75) is 38.1 Å². The molecule has 3 aromatic rings. The van der Waals surface area contributed by atoms with Crippen molar-refractivity contribution >= 4 is 15.9 Å². The van der Waals surface area contributed by atoms with Crippen molar-refractivity contribution in [3.8, 4) is 23.0 Å². The van der Waals surface area contributed by atoms with E-state index in [0.717, 1.165) is 52.8 Å². The van der Waals surface area contributed by atoms with Crippen molar-refractivity contribution in [2.24, 2.45) is 5.73 Å². The van der Waals surface area contributed by atoms with Crippen LogP contribution in [0, 0.1) is 0 Å². The van der Waals surface area contributed by atoms with E-state index in [9.17, 15) is 0 Å². The molecular formula is C22H22BrN3O3. The van der Waals surface area contributed by atoms with Gasteiger partial charge in [0.05, 0.1) is 17.7 Å². The van der Waals surface area contributed by atoms with Crippen LogP contribution in [-0.4, -0.2) is 23.4 Å². The van der Waals surface area contributed by atoms with E-state index >= 15 is 0 Å². The van der Waals surface area contributed by atoms with Crippen LogP contribution >= 0.6 is 15.9 Å². The molecule has 7 heteroatoms. The highest BCUT2D eigenvalue weighted by molar-refractivity contribution is 9.10. The van der Waals surface area contributed by atoms with Crippen LogP contribution in [0.1, 0.15) is 47.8 Å². The second-order valence-electron chi connectivity index (χ2n) is 7.56. The maximum atomic E-state index is 6.29. The number of benzene rings is 2. The van der Waals surface area contributed by atoms with Crippen LogP contribution in [0.5, 0.6) is 11.5 Å². The number of hydrogen-bond donors (Lipinski definition) is 1. The maximum Gasteiger partial charge on any atom is 0.257 e. The molecule has 1 aliphatic heterocycles. The van der Waals surface area contributed by atoms with E-state index in [2.05, 4.69) is 38.2 Å². The Balaban J connectivity index is 1.39. The first kappa shape index (κ1) is 18.6. The number of nitrogens with zero attached hydrogens (tertiary/aromatic N) is 2. The van der Waals surface area contributed by atoms with Crippen LogP contribution in [0.25, 0.3) is 11.5 Å². The summed E-state index contributed by atoms with van der Waals surface area (Å²) >= 11 is 3.58. The molecule has 0 radical (unpaired) electrons. The van der Waals surface area contributed by atoms with Crippen molar-refractivity contribution in [3.05, 3.63) is 57.3 Å². The standard InChI is InChI=1S/C22H22BrN3O3/c23-17-9-13(10-19-21(17)28-8-2-7-27-19)11-20-25-22(29-26-20)15-6-5-14-3-1-4-18(24)16(14)12-15/h5-6,9-10,12,18H,1-4,7-8,11,24H2. The highest BCUT2D eigenvalue weighted by Gasteiger charge is 2.20. The van der Waals surface area contributed by atoms with Gasteiger partial charge in [-0.15, -0.1) is 0 Å². The second-order valence-corrected chi connectivity index (χ2v) is 8.41. The number of rotatable bonds is 3. The van der Waals surface area contributed by atoms with Gasteiger partial charge in [-0.25, -0.2) is 0 Å². The molecule has 2 heterocycles. The maximum absolute atomic E-state index is 6.29. The van der Waals surface area contributed by atoms with E-state index < -0.39 is 0 Å². The molecule has 1 aromatic heterocycles. The van der Waals surface area contributed by atoms with Crippen molar-refractivity contribution in [3.63, 3.8) is 0 Å². The Kier molecular flexibility index (Phi) is 5.01. The average Bonchev–Trinajstić information content (AvgIpc) is 3.04. The Bertz CT molecular complexity index is 1050. The fourth-order valence-electron chi connectivity index (χ4n) is 3.98. The molecule has 2 aliphatic rings. The number of fused-ring (bicyclic) bond motifs is 2. The molecule has 6 nitrogen and oxygen atoms in total. The lowest BCUT2D eigenvalue weighted by molar-refractivity contribution is 0.296. The predicted molar refractivity (Wildman–Crippen MR) is 112 cm³/mol. The molecule has 0 spiro atoms. The third-order valence-corrected chi connectivity index (χ3v) is 6.03. The summed E-state index contributed by atoms with van der Waals surface area (Å²) < 4.78 is 18.0. The van der Waals surface area contributed by atoms with E-state index in [4.69, 9.17) is 19.7 Å².